The second kappa shape index (κ2) is 13.0. The maximum Gasteiger partial charge on any atom is 0.354 e. The molecule has 10 heteroatoms. The summed E-state index contributed by atoms with van der Waals surface area (Å²) in [5.74, 6) is 0.338. The van der Waals surface area contributed by atoms with Crippen molar-refractivity contribution in [2.24, 2.45) is 0 Å². The lowest BCUT2D eigenvalue weighted by Crippen LogP contribution is -2.40. The first-order valence-corrected chi connectivity index (χ1v) is 17.9. The van der Waals surface area contributed by atoms with Crippen LogP contribution in [-0.4, -0.2) is 42.6 Å². The predicted octanol–water partition coefficient (Wildman–Crippen LogP) is 9.59. The summed E-state index contributed by atoms with van der Waals surface area (Å²) < 4.78 is 54.8. The second-order valence-corrected chi connectivity index (χ2v) is 15.0. The van der Waals surface area contributed by atoms with Gasteiger partial charge in [-0.3, -0.25) is 0 Å². The monoisotopic (exact) mass is 708 g/mol. The van der Waals surface area contributed by atoms with Gasteiger partial charge in [-0.2, -0.15) is 0 Å². The Labute approximate surface area is 301 Å². The van der Waals surface area contributed by atoms with E-state index in [1.165, 1.54) is 11.6 Å². The molecule has 0 amide bonds. The molecule has 0 aliphatic carbocycles. The molecule has 2 fully saturated rings. The fourth-order valence-electron chi connectivity index (χ4n) is 7.09. The Kier molecular flexibility index (Phi) is 8.59. The Morgan fingerprint density at radius 2 is 1.44 bits per heavy atom. The van der Waals surface area contributed by atoms with Crippen molar-refractivity contribution in [3.05, 3.63) is 100 Å². The van der Waals surface area contributed by atoms with E-state index in [0.717, 1.165) is 41.2 Å². The molecule has 272 valence electrons. The van der Waals surface area contributed by atoms with Crippen LogP contribution in [0.15, 0.2) is 102 Å². The summed E-state index contributed by atoms with van der Waals surface area (Å²) in [5, 5.41) is 2.47. The van der Waals surface area contributed by atoms with Gasteiger partial charge in [-0.25, -0.2) is 4.79 Å². The number of ether oxygens (including phenoxy) is 6. The van der Waals surface area contributed by atoms with Crippen LogP contribution in [0.1, 0.15) is 72.8 Å². The third-order valence-corrected chi connectivity index (χ3v) is 10.3. The number of allylic oxidation sites excluding steroid dienone is 2. The molecule has 8 rings (SSSR count). The average Bonchev–Trinajstić information content (AvgIpc) is 3.48. The summed E-state index contributed by atoms with van der Waals surface area (Å²) in [6, 6.07) is 12.5. The van der Waals surface area contributed by atoms with Crippen LogP contribution in [0.25, 0.3) is 38.7 Å². The van der Waals surface area contributed by atoms with Crippen molar-refractivity contribution in [1.82, 2.24) is 0 Å². The van der Waals surface area contributed by atoms with E-state index in [2.05, 4.69) is 33.8 Å². The van der Waals surface area contributed by atoms with E-state index in [9.17, 15) is 4.79 Å². The summed E-state index contributed by atoms with van der Waals surface area (Å²) in [5.41, 5.74) is 3.80. The Balaban J connectivity index is 0.954. The van der Waals surface area contributed by atoms with Crippen LogP contribution in [0.4, 0.5) is 0 Å². The van der Waals surface area contributed by atoms with Gasteiger partial charge in [-0.1, -0.05) is 11.1 Å². The van der Waals surface area contributed by atoms with Crippen molar-refractivity contribution >= 4 is 38.7 Å². The van der Waals surface area contributed by atoms with Crippen molar-refractivity contribution < 1.29 is 41.7 Å². The van der Waals surface area contributed by atoms with Gasteiger partial charge < -0.3 is 41.7 Å². The minimum absolute atomic E-state index is 0.00876. The fourth-order valence-corrected chi connectivity index (χ4v) is 7.09. The molecule has 0 bridgehead atoms. The van der Waals surface area contributed by atoms with Gasteiger partial charge >= 0.3 is 11.6 Å². The highest BCUT2D eigenvalue weighted by molar-refractivity contribution is 6.01. The molecular formula is C42H44O10. The van der Waals surface area contributed by atoms with Gasteiger partial charge in [0.1, 0.15) is 47.2 Å². The van der Waals surface area contributed by atoms with E-state index in [4.69, 9.17) is 41.7 Å². The van der Waals surface area contributed by atoms with Gasteiger partial charge in [0.2, 0.25) is 0 Å². The lowest BCUT2D eigenvalue weighted by Gasteiger charge is -2.32. The van der Waals surface area contributed by atoms with Gasteiger partial charge in [0, 0.05) is 23.6 Å². The third-order valence-electron chi connectivity index (χ3n) is 10.3. The van der Waals surface area contributed by atoms with E-state index in [1.807, 2.05) is 50.3 Å². The van der Waals surface area contributed by atoms with Crippen LogP contribution < -0.4 is 15.1 Å². The maximum absolute atomic E-state index is 11.8. The van der Waals surface area contributed by atoms with E-state index in [-0.39, 0.29) is 11.7 Å². The Morgan fingerprint density at radius 3 is 2.19 bits per heavy atom. The molecule has 0 N–H and O–H groups in total. The Bertz CT molecular complexity index is 2300. The van der Waals surface area contributed by atoms with Gasteiger partial charge in [-0.15, -0.1) is 0 Å². The molecule has 3 aliphatic rings. The highest BCUT2D eigenvalue weighted by atomic mass is 16.9. The predicted molar refractivity (Wildman–Crippen MR) is 196 cm³/mol. The molecule has 1 spiro atoms. The summed E-state index contributed by atoms with van der Waals surface area (Å²) in [7, 11) is 0. The molecular weight excluding hydrogens is 664 g/mol. The smallest absolute Gasteiger partial charge is 0.354 e. The Morgan fingerprint density at radius 1 is 0.769 bits per heavy atom. The van der Waals surface area contributed by atoms with Gasteiger partial charge in [0.25, 0.3) is 0 Å². The topological polar surface area (TPSA) is 115 Å². The van der Waals surface area contributed by atoms with E-state index < -0.39 is 17.2 Å². The van der Waals surface area contributed by atoms with Crippen molar-refractivity contribution in [2.45, 2.75) is 96.6 Å². The Hall–Kier alpha value is -4.77. The lowest BCUT2D eigenvalue weighted by atomic mass is 9.96. The number of furan rings is 2. The molecule has 0 saturated carbocycles. The fraction of sp³-hybridized carbons (Fsp3) is 0.405. The maximum atomic E-state index is 11.8. The molecule has 5 aromatic rings. The highest BCUT2D eigenvalue weighted by Crippen LogP contribution is 2.48. The molecule has 2 unspecified atom stereocenters. The zero-order chi connectivity index (χ0) is 36.3. The molecule has 52 heavy (non-hydrogen) atoms. The number of fused-ring (bicyclic) bond motifs is 4. The highest BCUT2D eigenvalue weighted by Gasteiger charge is 2.55. The van der Waals surface area contributed by atoms with Gasteiger partial charge in [0.05, 0.1) is 58.3 Å². The zero-order valence-electron chi connectivity index (χ0n) is 30.4. The molecule has 2 saturated heterocycles. The van der Waals surface area contributed by atoms with E-state index in [1.54, 1.807) is 24.7 Å². The van der Waals surface area contributed by atoms with Crippen LogP contribution in [0.3, 0.4) is 0 Å². The number of hydrogen-bond acceptors (Lipinski definition) is 10. The number of hydrogen-bond donors (Lipinski definition) is 0. The SMILES string of the molecule is C/C(=C\COc1c2ccoc2cc2oc(=O)ccc12)CCC1OC2(C=C(OC/C=C(\C)CC[C@@H]3OC3(C)C)c3cc4ccoc4cc3O2)OC1(C)C. The number of benzene rings is 2. The first kappa shape index (κ1) is 34.3. The van der Waals surface area contributed by atoms with Gasteiger partial charge in [0.15, 0.2) is 0 Å². The standard InChI is InChI=1S/C42H44O10/c1-25(7-10-36-40(3,4)50-36)13-17-46-35-24-42(49-34-22-31-27(15-19-44-31)21-30(34)35)51-37(41(5,6)52-42)11-8-26(2)14-18-47-39-28-9-12-38(43)48-33(28)23-32-29(39)16-20-45-32/h9,12-16,19-24,36-37H,7-8,10-11,17-18H2,1-6H3/b25-13+,26-14+/t36-,37?,42?/m0/s1. The van der Waals surface area contributed by atoms with Crippen LogP contribution in [-0.2, 0) is 18.9 Å². The average molecular weight is 709 g/mol. The summed E-state index contributed by atoms with van der Waals surface area (Å²) in [6.07, 6.45) is 12.6. The number of epoxide rings is 1. The second-order valence-electron chi connectivity index (χ2n) is 15.0. The normalized spacial score (nSPS) is 23.6. The minimum Gasteiger partial charge on any atom is -0.489 e. The number of rotatable bonds is 12. The van der Waals surface area contributed by atoms with Crippen molar-refractivity contribution in [3.63, 3.8) is 0 Å². The summed E-state index contributed by atoms with van der Waals surface area (Å²) in [6.45, 7) is 13.2. The first-order chi connectivity index (χ1) is 24.9. The molecule has 2 aromatic carbocycles. The summed E-state index contributed by atoms with van der Waals surface area (Å²) in [4.78, 5) is 11.8. The van der Waals surface area contributed by atoms with Crippen LogP contribution in [0.2, 0.25) is 0 Å². The first-order valence-electron chi connectivity index (χ1n) is 17.9. The largest absolute Gasteiger partial charge is 0.489 e. The third kappa shape index (κ3) is 6.78. The van der Waals surface area contributed by atoms with Crippen molar-refractivity contribution in [1.29, 1.82) is 0 Å². The van der Waals surface area contributed by atoms with Crippen molar-refractivity contribution in [2.75, 3.05) is 13.2 Å². The van der Waals surface area contributed by atoms with E-state index >= 15 is 0 Å². The molecule has 3 aliphatic heterocycles. The zero-order valence-corrected chi connectivity index (χ0v) is 30.4. The molecule has 3 aromatic heterocycles. The van der Waals surface area contributed by atoms with Crippen LogP contribution in [0.5, 0.6) is 11.5 Å². The molecule has 3 atom stereocenters. The molecule has 0 radical (unpaired) electrons. The molecule has 10 nitrogen and oxygen atoms in total. The van der Waals surface area contributed by atoms with Gasteiger partial charge in [-0.05, 0) is 104 Å². The quantitative estimate of drug-likeness (QED) is 0.0705. The minimum atomic E-state index is -1.47. The van der Waals surface area contributed by atoms with Crippen LogP contribution >= 0.6 is 0 Å². The molecule has 6 heterocycles. The van der Waals surface area contributed by atoms with Crippen molar-refractivity contribution in [3.8, 4) is 11.5 Å². The van der Waals surface area contributed by atoms with E-state index in [0.29, 0.717) is 65.1 Å². The lowest BCUT2D eigenvalue weighted by molar-refractivity contribution is -0.271. The summed E-state index contributed by atoms with van der Waals surface area (Å²) >= 11 is 0. The van der Waals surface area contributed by atoms with Crippen LogP contribution in [0, 0.1) is 0 Å².